The van der Waals surface area contributed by atoms with Crippen LogP contribution in [-0.2, 0) is 14.3 Å². The Bertz CT molecular complexity index is 1230. The monoisotopic (exact) mass is 892 g/mol. The second kappa shape index (κ2) is 51.0. The van der Waals surface area contributed by atoms with Crippen molar-refractivity contribution in [1.82, 2.24) is 5.32 Å². The number of amides is 1. The molecule has 6 heteroatoms. The van der Waals surface area contributed by atoms with Crippen LogP contribution in [0.4, 0.5) is 0 Å². The molecule has 64 heavy (non-hydrogen) atoms. The quantitative estimate of drug-likeness (QED) is 0.0321. The van der Waals surface area contributed by atoms with E-state index in [1.807, 2.05) is 6.08 Å². The summed E-state index contributed by atoms with van der Waals surface area (Å²) in [5.74, 6) is -0.675. The van der Waals surface area contributed by atoms with Crippen LogP contribution in [-0.4, -0.2) is 46.9 Å². The summed E-state index contributed by atoms with van der Waals surface area (Å²) in [5, 5.41) is 23.7. The third-order valence-electron chi connectivity index (χ3n) is 11.7. The van der Waals surface area contributed by atoms with Crippen LogP contribution in [0.5, 0.6) is 0 Å². The average molecular weight is 892 g/mol. The van der Waals surface area contributed by atoms with Gasteiger partial charge in [0.15, 0.2) is 0 Å². The molecule has 0 aliphatic carbocycles. The van der Waals surface area contributed by atoms with Crippen molar-refractivity contribution in [1.29, 1.82) is 0 Å². The van der Waals surface area contributed by atoms with Gasteiger partial charge in [0.05, 0.1) is 25.2 Å². The van der Waals surface area contributed by atoms with Crippen LogP contribution in [0.2, 0.25) is 0 Å². The highest BCUT2D eigenvalue weighted by Gasteiger charge is 2.23. The molecular formula is C58H101NO5. The minimum atomic E-state index is -0.824. The fraction of sp³-hybridized carbons (Fsp3) is 0.724. The number of unbranched alkanes of at least 4 members (excludes halogenated alkanes) is 23. The highest BCUT2D eigenvalue weighted by atomic mass is 16.5. The molecule has 3 N–H and O–H groups in total. The molecule has 0 bridgehead atoms. The molecule has 0 saturated heterocycles. The molecule has 0 heterocycles. The van der Waals surface area contributed by atoms with Gasteiger partial charge in [-0.1, -0.05) is 241 Å². The van der Waals surface area contributed by atoms with E-state index in [0.29, 0.717) is 19.3 Å². The van der Waals surface area contributed by atoms with Crippen LogP contribution < -0.4 is 5.32 Å². The van der Waals surface area contributed by atoms with Crippen LogP contribution in [0.15, 0.2) is 85.1 Å². The summed E-state index contributed by atoms with van der Waals surface area (Å²) in [6.07, 6.45) is 66.8. The zero-order valence-electron chi connectivity index (χ0n) is 41.9. The topological polar surface area (TPSA) is 95.9 Å². The first-order chi connectivity index (χ1) is 31.5. The van der Waals surface area contributed by atoms with Crippen molar-refractivity contribution in [2.24, 2.45) is 0 Å². The predicted octanol–water partition coefficient (Wildman–Crippen LogP) is 16.3. The first kappa shape index (κ1) is 61.0. The Morgan fingerprint density at radius 3 is 1.33 bits per heavy atom. The fourth-order valence-electron chi connectivity index (χ4n) is 7.67. The summed E-state index contributed by atoms with van der Waals surface area (Å²) < 4.78 is 5.80. The first-order valence-electron chi connectivity index (χ1n) is 26.8. The molecule has 0 saturated carbocycles. The van der Waals surface area contributed by atoms with Gasteiger partial charge in [0.2, 0.25) is 5.91 Å². The largest absolute Gasteiger partial charge is 0.458 e. The number of esters is 1. The maximum absolute atomic E-state index is 13.2. The van der Waals surface area contributed by atoms with Crippen LogP contribution in [0.1, 0.15) is 245 Å². The van der Waals surface area contributed by atoms with Crippen molar-refractivity contribution in [3.8, 4) is 0 Å². The zero-order chi connectivity index (χ0) is 46.7. The van der Waals surface area contributed by atoms with Crippen LogP contribution in [0.25, 0.3) is 0 Å². The van der Waals surface area contributed by atoms with Crippen molar-refractivity contribution in [3.63, 3.8) is 0 Å². The van der Waals surface area contributed by atoms with E-state index < -0.39 is 18.2 Å². The average Bonchev–Trinajstić information content (AvgIpc) is 3.29. The Hall–Kier alpha value is -2.96. The van der Waals surface area contributed by atoms with Gasteiger partial charge in [0, 0.05) is 6.42 Å². The summed E-state index contributed by atoms with van der Waals surface area (Å²) in [7, 11) is 0. The third-order valence-corrected chi connectivity index (χ3v) is 11.7. The molecular weight excluding hydrogens is 791 g/mol. The van der Waals surface area contributed by atoms with Gasteiger partial charge in [-0.15, -0.1) is 0 Å². The van der Waals surface area contributed by atoms with E-state index in [9.17, 15) is 19.8 Å². The van der Waals surface area contributed by atoms with Crippen molar-refractivity contribution in [2.45, 2.75) is 264 Å². The number of carbonyl (C=O) groups excluding carboxylic acids is 2. The lowest BCUT2D eigenvalue weighted by molar-refractivity contribution is -0.148. The lowest BCUT2D eigenvalue weighted by Gasteiger charge is -2.23. The van der Waals surface area contributed by atoms with Crippen molar-refractivity contribution >= 4 is 11.9 Å². The van der Waals surface area contributed by atoms with E-state index in [1.165, 1.54) is 128 Å². The number of aliphatic hydroxyl groups excluding tert-OH is 2. The summed E-state index contributed by atoms with van der Waals surface area (Å²) in [4.78, 5) is 26.1. The van der Waals surface area contributed by atoms with Crippen LogP contribution in [0, 0.1) is 0 Å². The number of hydrogen-bond donors (Lipinski definition) is 3. The molecule has 368 valence electrons. The Labute approximate surface area is 395 Å². The molecule has 3 unspecified atom stereocenters. The molecule has 0 aromatic heterocycles. The molecule has 0 aliphatic heterocycles. The number of nitrogens with one attached hydrogen (secondary N) is 1. The Kier molecular flexibility index (Phi) is 48.7. The first-order valence-corrected chi connectivity index (χ1v) is 26.8. The minimum Gasteiger partial charge on any atom is -0.458 e. The van der Waals surface area contributed by atoms with Gasteiger partial charge < -0.3 is 20.3 Å². The lowest BCUT2D eigenvalue weighted by atomic mass is 10.0. The normalized spacial score (nSPS) is 13.9. The summed E-state index contributed by atoms with van der Waals surface area (Å²) in [5.41, 5.74) is 0. The van der Waals surface area contributed by atoms with Crippen LogP contribution >= 0.6 is 0 Å². The highest BCUT2D eigenvalue weighted by molar-refractivity contribution is 5.78. The van der Waals surface area contributed by atoms with Gasteiger partial charge in [0.25, 0.3) is 0 Å². The van der Waals surface area contributed by atoms with Gasteiger partial charge >= 0.3 is 5.97 Å². The number of allylic oxidation sites excluding steroid dienone is 13. The number of rotatable bonds is 47. The Morgan fingerprint density at radius 2 is 0.875 bits per heavy atom. The summed E-state index contributed by atoms with van der Waals surface area (Å²) in [6, 6.07) is -0.748. The number of aliphatic hydroxyl groups is 2. The maximum atomic E-state index is 13.2. The van der Waals surface area contributed by atoms with E-state index >= 15 is 0 Å². The van der Waals surface area contributed by atoms with E-state index in [0.717, 1.165) is 64.2 Å². The molecule has 0 aromatic carbocycles. The minimum absolute atomic E-state index is 0.0547. The molecule has 6 nitrogen and oxygen atoms in total. The molecule has 3 atom stereocenters. The molecule has 0 radical (unpaired) electrons. The van der Waals surface area contributed by atoms with Gasteiger partial charge in [-0.25, -0.2) is 0 Å². The third kappa shape index (κ3) is 45.6. The van der Waals surface area contributed by atoms with Crippen molar-refractivity contribution in [3.05, 3.63) is 85.1 Å². The molecule has 0 fully saturated rings. The van der Waals surface area contributed by atoms with E-state index in [-0.39, 0.29) is 31.3 Å². The van der Waals surface area contributed by atoms with Crippen molar-refractivity contribution < 1.29 is 24.5 Å². The van der Waals surface area contributed by atoms with E-state index in [4.69, 9.17) is 4.74 Å². The van der Waals surface area contributed by atoms with Crippen LogP contribution in [0.3, 0.4) is 0 Å². The summed E-state index contributed by atoms with van der Waals surface area (Å²) in [6.45, 7) is 6.32. The number of hydrogen-bond acceptors (Lipinski definition) is 5. The van der Waals surface area contributed by atoms with Gasteiger partial charge in [-0.3, -0.25) is 9.59 Å². The SMILES string of the molecule is CC/C=C\C/C=C\C/C=C\C/C=C\C/C=C\CCCC(=O)OC(/C=C/C/C=C\CCCCCCCC)CC(=O)NC(CO)C(O)CCCCCCCCCCCCCCCCCCC. The van der Waals surface area contributed by atoms with Crippen molar-refractivity contribution in [2.75, 3.05) is 6.61 Å². The Balaban J connectivity index is 4.64. The second-order valence-corrected chi connectivity index (χ2v) is 17.9. The highest BCUT2D eigenvalue weighted by Crippen LogP contribution is 2.16. The molecule has 0 spiro atoms. The van der Waals surface area contributed by atoms with Gasteiger partial charge in [-0.05, 0) is 76.7 Å². The Morgan fingerprint density at radius 1 is 0.484 bits per heavy atom. The van der Waals surface area contributed by atoms with Gasteiger partial charge in [0.1, 0.15) is 6.10 Å². The standard InChI is InChI=1S/C58H101NO5/c1-4-7-10-13-16-19-22-24-26-28-30-32-35-38-41-44-47-50-56(61)55(53-60)59-57(62)52-54(49-46-43-40-37-34-21-18-15-12-9-6-3)64-58(63)51-48-45-42-39-36-33-31-29-27-25-23-20-17-14-11-8-5-2/h8,11,17,20,25,27,31,33,37,39-40,42,46,49,54-56,60-61H,4-7,9-10,12-16,18-19,21-24,26,28-30,32,34-36,38,41,43-45,47-48,50-53H2,1-3H3,(H,59,62)/b11-8-,20-17-,27-25-,33-31-,40-37-,42-39-,49-46+. The lowest BCUT2D eigenvalue weighted by Crippen LogP contribution is -2.46. The second-order valence-electron chi connectivity index (χ2n) is 17.9. The number of ether oxygens (including phenoxy) is 1. The zero-order valence-corrected chi connectivity index (χ0v) is 41.9. The number of carbonyl (C=O) groups is 2. The maximum Gasteiger partial charge on any atom is 0.306 e. The smallest absolute Gasteiger partial charge is 0.306 e. The molecule has 0 aliphatic rings. The predicted molar refractivity (Wildman–Crippen MR) is 278 cm³/mol. The summed E-state index contributed by atoms with van der Waals surface area (Å²) >= 11 is 0. The van der Waals surface area contributed by atoms with E-state index in [2.05, 4.69) is 99.0 Å². The van der Waals surface area contributed by atoms with Gasteiger partial charge in [-0.2, -0.15) is 0 Å². The molecule has 1 amide bonds. The van der Waals surface area contributed by atoms with E-state index in [1.54, 1.807) is 6.08 Å². The molecule has 0 rings (SSSR count). The fourth-order valence-corrected chi connectivity index (χ4v) is 7.67. The molecule has 0 aromatic rings.